The van der Waals surface area contributed by atoms with Gasteiger partial charge in [-0.25, -0.2) is 19.2 Å². The van der Waals surface area contributed by atoms with E-state index in [9.17, 15) is 44.1 Å². The standard InChI is InChI=1S/C67H100O17/c1-17-61(11,75)34-35-77-36-37-78-58(72)53-28-25-29-54(41-53)60(74)83-65(15,21-5)63(13,19-3)48(10)81-47(9)43-79-57(71)51-30-32-52(33-31-51)59(73)84-66(16,22-6)64(14,20-4)67(23-7,44-68)45-80-55(69)39-49-26-24-27-50(38-49)40-56(70)82-46(8)42-62(12,76)18-2/h24-33,38,41,46-48,68,75-76H,17-23,34-37,39-40,42-45H2,1-16H3/t46?,47?,48?,61?,62?,63-,64?,65?,66?,67?/m0/s1. The summed E-state index contributed by atoms with van der Waals surface area (Å²) in [5, 5.41) is 31.7. The summed E-state index contributed by atoms with van der Waals surface area (Å²) in [7, 11) is 0. The Morgan fingerprint density at radius 1 is 0.512 bits per heavy atom. The Kier molecular flexibility index (Phi) is 27.8. The van der Waals surface area contributed by atoms with Crippen molar-refractivity contribution < 1.29 is 82.0 Å². The molecule has 10 atom stereocenters. The van der Waals surface area contributed by atoms with Crippen molar-refractivity contribution in [1.82, 2.24) is 0 Å². The topological polar surface area (TPSA) is 237 Å². The Morgan fingerprint density at radius 2 is 1.04 bits per heavy atom. The lowest BCUT2D eigenvalue weighted by atomic mass is 9.54. The van der Waals surface area contributed by atoms with Crippen LogP contribution in [0, 0.1) is 16.2 Å². The van der Waals surface area contributed by atoms with Gasteiger partial charge in [-0.05, 0) is 153 Å². The molecule has 3 aromatic rings. The number of carbonyl (C=O) groups excluding carboxylic acids is 6. The molecule has 0 radical (unpaired) electrons. The van der Waals surface area contributed by atoms with Crippen LogP contribution in [0.4, 0.5) is 0 Å². The molecule has 0 aliphatic carbocycles. The predicted molar refractivity (Wildman–Crippen MR) is 321 cm³/mol. The fourth-order valence-electron chi connectivity index (χ4n) is 10.8. The van der Waals surface area contributed by atoms with Crippen LogP contribution in [0.1, 0.15) is 221 Å². The fraction of sp³-hybridized carbons (Fsp3) is 0.642. The van der Waals surface area contributed by atoms with Crippen LogP contribution in [0.5, 0.6) is 0 Å². The van der Waals surface area contributed by atoms with Gasteiger partial charge in [-0.3, -0.25) is 9.59 Å². The number of carbonyl (C=O) groups is 6. The Morgan fingerprint density at radius 3 is 1.57 bits per heavy atom. The van der Waals surface area contributed by atoms with Crippen LogP contribution in [0.15, 0.2) is 72.8 Å². The van der Waals surface area contributed by atoms with Crippen LogP contribution < -0.4 is 0 Å². The molecule has 3 rings (SSSR count). The van der Waals surface area contributed by atoms with Gasteiger partial charge in [0.2, 0.25) is 0 Å². The first-order valence-corrected chi connectivity index (χ1v) is 30.1. The maximum Gasteiger partial charge on any atom is 0.338 e. The van der Waals surface area contributed by atoms with Gasteiger partial charge in [-0.1, -0.05) is 92.6 Å². The van der Waals surface area contributed by atoms with Crippen molar-refractivity contribution in [2.45, 2.75) is 222 Å². The van der Waals surface area contributed by atoms with Gasteiger partial charge >= 0.3 is 35.8 Å². The molecule has 0 aliphatic heterocycles. The predicted octanol–water partition coefficient (Wildman–Crippen LogP) is 11.7. The van der Waals surface area contributed by atoms with Gasteiger partial charge in [0, 0.05) is 29.3 Å². The maximum atomic E-state index is 14.0. The Balaban J connectivity index is 1.62. The zero-order chi connectivity index (χ0) is 63.3. The summed E-state index contributed by atoms with van der Waals surface area (Å²) < 4.78 is 47.2. The van der Waals surface area contributed by atoms with Crippen LogP contribution in [0.25, 0.3) is 0 Å². The molecule has 0 aliphatic rings. The monoisotopic (exact) mass is 1180 g/mol. The van der Waals surface area contributed by atoms with Gasteiger partial charge in [-0.15, -0.1) is 0 Å². The third kappa shape index (κ3) is 19.4. The van der Waals surface area contributed by atoms with Gasteiger partial charge in [0.05, 0.1) is 78.3 Å². The molecule has 17 heteroatoms. The third-order valence-electron chi connectivity index (χ3n) is 18.5. The summed E-state index contributed by atoms with van der Waals surface area (Å²) >= 11 is 0. The number of hydrogen-bond donors (Lipinski definition) is 3. The Hall–Kier alpha value is -5.72. The minimum absolute atomic E-state index is 0.00236. The highest BCUT2D eigenvalue weighted by Gasteiger charge is 2.58. The first-order chi connectivity index (χ1) is 39.3. The molecule has 9 unspecified atom stereocenters. The molecule has 17 nitrogen and oxygen atoms in total. The average molecular weight is 1180 g/mol. The SMILES string of the molecule is CCC(C)(O)CCOCCOC(=O)c1cccc(C(=O)OC(C)(CC)[C@@](C)(CC)C(C)OC(C)COC(=O)c2ccc(C(=O)OC(C)(CC)C(C)(CC)C(CC)(CO)COC(=O)Cc3cccc(CC(=O)OC(C)CC(C)(O)CC)c3)cc2)c1. The second kappa shape index (κ2) is 32.1. The van der Waals surface area contributed by atoms with Crippen molar-refractivity contribution in [3.05, 3.63) is 106 Å². The van der Waals surface area contributed by atoms with Crippen molar-refractivity contribution in [1.29, 1.82) is 0 Å². The Bertz CT molecular complexity index is 2610. The number of rotatable bonds is 37. The molecule has 0 amide bonds. The lowest BCUT2D eigenvalue weighted by Gasteiger charge is -2.55. The van der Waals surface area contributed by atoms with Gasteiger partial charge in [-0.2, -0.15) is 0 Å². The van der Waals surface area contributed by atoms with Crippen LogP contribution in [0.3, 0.4) is 0 Å². The van der Waals surface area contributed by atoms with E-state index >= 15 is 0 Å². The van der Waals surface area contributed by atoms with Gasteiger partial charge in [0.15, 0.2) is 0 Å². The number of hydrogen-bond acceptors (Lipinski definition) is 17. The van der Waals surface area contributed by atoms with Crippen LogP contribution >= 0.6 is 0 Å². The zero-order valence-electron chi connectivity index (χ0n) is 53.2. The van der Waals surface area contributed by atoms with Crippen molar-refractivity contribution in [3.63, 3.8) is 0 Å². The summed E-state index contributed by atoms with van der Waals surface area (Å²) in [4.78, 5) is 80.3. The highest BCUT2D eigenvalue weighted by Crippen LogP contribution is 2.55. The van der Waals surface area contributed by atoms with Crippen LogP contribution in [-0.4, -0.2) is 131 Å². The number of ether oxygens (including phenoxy) is 8. The molecule has 0 spiro atoms. The van der Waals surface area contributed by atoms with Gasteiger partial charge in [0.25, 0.3) is 0 Å². The summed E-state index contributed by atoms with van der Waals surface area (Å²) in [6, 6.07) is 19.1. The van der Waals surface area contributed by atoms with E-state index in [1.54, 1.807) is 70.2 Å². The molecular formula is C67H100O17. The molecule has 3 N–H and O–H groups in total. The van der Waals surface area contributed by atoms with Crippen LogP contribution in [-0.2, 0) is 60.3 Å². The van der Waals surface area contributed by atoms with Crippen molar-refractivity contribution in [2.24, 2.45) is 16.2 Å². The van der Waals surface area contributed by atoms with E-state index in [0.29, 0.717) is 75.5 Å². The highest BCUT2D eigenvalue weighted by molar-refractivity contribution is 5.95. The quantitative estimate of drug-likeness (QED) is 0.0276. The second-order valence-electron chi connectivity index (χ2n) is 24.1. The maximum absolute atomic E-state index is 14.0. The Labute approximate surface area is 500 Å². The van der Waals surface area contributed by atoms with Crippen molar-refractivity contribution in [2.75, 3.05) is 39.6 Å². The normalized spacial score (nSPS) is 17.8. The lowest BCUT2D eigenvalue weighted by Crippen LogP contribution is -2.59. The van der Waals surface area contributed by atoms with Crippen LogP contribution in [0.2, 0.25) is 0 Å². The number of esters is 6. The van der Waals surface area contributed by atoms with E-state index in [2.05, 4.69) is 0 Å². The smallest absolute Gasteiger partial charge is 0.338 e. The van der Waals surface area contributed by atoms with E-state index < -0.39 is 92.8 Å². The molecule has 0 aromatic heterocycles. The zero-order valence-corrected chi connectivity index (χ0v) is 53.2. The van der Waals surface area contributed by atoms with E-state index in [4.69, 9.17) is 37.9 Å². The van der Waals surface area contributed by atoms with Crippen molar-refractivity contribution in [3.8, 4) is 0 Å². The molecule has 3 aromatic carbocycles. The third-order valence-corrected chi connectivity index (χ3v) is 18.5. The van der Waals surface area contributed by atoms with E-state index in [1.807, 2.05) is 83.1 Å². The second-order valence-corrected chi connectivity index (χ2v) is 24.1. The highest BCUT2D eigenvalue weighted by atomic mass is 16.6. The van der Waals surface area contributed by atoms with Gasteiger partial charge < -0.3 is 53.2 Å². The lowest BCUT2D eigenvalue weighted by molar-refractivity contribution is -0.187. The minimum Gasteiger partial charge on any atom is -0.465 e. The molecular weight excluding hydrogens is 1080 g/mol. The molecule has 470 valence electrons. The fourth-order valence-corrected chi connectivity index (χ4v) is 10.8. The van der Waals surface area contributed by atoms with E-state index in [-0.39, 0.29) is 68.1 Å². The molecule has 0 heterocycles. The van der Waals surface area contributed by atoms with E-state index in [0.717, 1.165) is 0 Å². The largest absolute Gasteiger partial charge is 0.465 e. The summed E-state index contributed by atoms with van der Waals surface area (Å²) in [6.07, 6.45) is 2.38. The number of benzene rings is 3. The number of aliphatic hydroxyl groups excluding tert-OH is 1. The minimum atomic E-state index is -1.17. The van der Waals surface area contributed by atoms with Gasteiger partial charge in [0.1, 0.15) is 30.5 Å². The molecule has 0 saturated carbocycles. The summed E-state index contributed by atoms with van der Waals surface area (Å²) in [6.45, 7) is 29.7. The van der Waals surface area contributed by atoms with E-state index in [1.165, 1.54) is 30.3 Å². The average Bonchev–Trinajstić information content (AvgIpc) is 0.917. The molecule has 0 fully saturated rings. The first-order valence-electron chi connectivity index (χ1n) is 30.1. The summed E-state index contributed by atoms with van der Waals surface area (Å²) in [5.41, 5.74) is -4.67. The van der Waals surface area contributed by atoms with Crippen molar-refractivity contribution >= 4 is 35.8 Å². The molecule has 0 saturated heterocycles. The summed E-state index contributed by atoms with van der Waals surface area (Å²) in [5.74, 6) is -3.51. The number of aliphatic hydroxyl groups is 3. The first kappa shape index (κ1) is 72.5. The molecule has 84 heavy (non-hydrogen) atoms. The molecule has 0 bridgehead atoms.